The van der Waals surface area contributed by atoms with Crippen LogP contribution < -0.4 is 15.8 Å². The number of amides is 1. The summed E-state index contributed by atoms with van der Waals surface area (Å²) >= 11 is 0. The van der Waals surface area contributed by atoms with Crippen molar-refractivity contribution in [3.8, 4) is 0 Å². The average Bonchev–Trinajstić information content (AvgIpc) is 2.80. The number of aliphatic carboxylic acids is 1. The predicted octanol–water partition coefficient (Wildman–Crippen LogP) is 2.69. The lowest BCUT2D eigenvalue weighted by Gasteiger charge is -2.25. The number of anilines is 2. The topological polar surface area (TPSA) is 130 Å². The lowest BCUT2D eigenvalue weighted by atomic mass is 9.99. The van der Waals surface area contributed by atoms with Gasteiger partial charge in [0, 0.05) is 26.2 Å². The minimum absolute atomic E-state index is 0.0319. The zero-order valence-electron chi connectivity index (χ0n) is 19.1. The molecule has 0 aliphatic heterocycles. The van der Waals surface area contributed by atoms with E-state index in [2.05, 4.69) is 20.3 Å². The largest absolute Gasteiger partial charge is 0.481 e. The molecule has 0 bridgehead atoms. The molecule has 0 radical (unpaired) electrons. The molecule has 0 aliphatic rings. The van der Waals surface area contributed by atoms with Gasteiger partial charge in [-0.1, -0.05) is 26.8 Å². The van der Waals surface area contributed by atoms with Crippen LogP contribution in [-0.4, -0.2) is 50.1 Å². The summed E-state index contributed by atoms with van der Waals surface area (Å²) in [6, 6.07) is 8.41. The van der Waals surface area contributed by atoms with E-state index in [4.69, 9.17) is 5.11 Å². The van der Waals surface area contributed by atoms with Crippen molar-refractivity contribution in [1.82, 2.24) is 19.5 Å². The zero-order chi connectivity index (χ0) is 24.1. The Labute approximate surface area is 191 Å². The minimum atomic E-state index is -0.980. The van der Waals surface area contributed by atoms with Crippen LogP contribution in [0.4, 0.5) is 11.6 Å². The van der Waals surface area contributed by atoms with Crippen LogP contribution in [0.1, 0.15) is 45.3 Å². The Bertz CT molecular complexity index is 1210. The molecule has 3 rings (SSSR count). The SMILES string of the molecule is CCC(=O)N(C)c1ccc2nc(NCCC(=O)O)c(=O)n([C@H](c3ccccn3)C(C)C)c2n1. The van der Waals surface area contributed by atoms with E-state index in [9.17, 15) is 14.4 Å². The Balaban J connectivity index is 2.26. The number of rotatable bonds is 9. The first-order chi connectivity index (χ1) is 15.7. The standard InChI is InChI=1S/C23H28N6O4/c1-5-18(30)28(4)17-10-9-16-22(27-17)29(20(14(2)3)15-8-6-7-12-24-15)23(33)21(26-16)25-13-11-19(31)32/h6-10,12,14,20H,5,11,13H2,1-4H3,(H,25,26)(H,31,32)/t20-/m0/s1. The quantitative estimate of drug-likeness (QED) is 0.507. The van der Waals surface area contributed by atoms with Crippen LogP contribution in [-0.2, 0) is 9.59 Å². The molecule has 1 atom stereocenters. The van der Waals surface area contributed by atoms with Crippen LogP contribution in [0.2, 0.25) is 0 Å². The predicted molar refractivity (Wildman–Crippen MR) is 125 cm³/mol. The molecule has 1 amide bonds. The molecule has 2 N–H and O–H groups in total. The number of fused-ring (bicyclic) bond motifs is 1. The fraction of sp³-hybridized carbons (Fsp3) is 0.391. The summed E-state index contributed by atoms with van der Waals surface area (Å²) < 4.78 is 1.53. The number of hydrogen-bond acceptors (Lipinski definition) is 7. The van der Waals surface area contributed by atoms with Crippen LogP contribution >= 0.6 is 0 Å². The van der Waals surface area contributed by atoms with Crippen molar-refractivity contribution in [3.05, 3.63) is 52.6 Å². The molecule has 10 heteroatoms. The van der Waals surface area contributed by atoms with Crippen LogP contribution in [0.25, 0.3) is 11.2 Å². The number of carboxylic acid groups (broad SMARTS) is 1. The second kappa shape index (κ2) is 10.2. The molecule has 0 saturated heterocycles. The van der Waals surface area contributed by atoms with Crippen molar-refractivity contribution in [2.45, 2.75) is 39.7 Å². The maximum absolute atomic E-state index is 13.6. The summed E-state index contributed by atoms with van der Waals surface area (Å²) in [7, 11) is 1.64. The third-order valence-electron chi connectivity index (χ3n) is 5.27. The van der Waals surface area contributed by atoms with Crippen molar-refractivity contribution >= 4 is 34.7 Å². The van der Waals surface area contributed by atoms with Gasteiger partial charge in [-0.15, -0.1) is 0 Å². The Hall–Kier alpha value is -3.82. The summed E-state index contributed by atoms with van der Waals surface area (Å²) in [5.41, 5.74) is 1.01. The van der Waals surface area contributed by atoms with Gasteiger partial charge in [0.05, 0.1) is 18.2 Å². The lowest BCUT2D eigenvalue weighted by Crippen LogP contribution is -2.33. The average molecular weight is 453 g/mol. The highest BCUT2D eigenvalue weighted by Gasteiger charge is 2.26. The first-order valence-corrected chi connectivity index (χ1v) is 10.8. The van der Waals surface area contributed by atoms with E-state index in [1.54, 1.807) is 38.4 Å². The molecule has 10 nitrogen and oxygen atoms in total. The highest BCUT2D eigenvalue weighted by atomic mass is 16.4. The third-order valence-corrected chi connectivity index (χ3v) is 5.27. The van der Waals surface area contributed by atoms with Gasteiger partial charge in [0.15, 0.2) is 11.5 Å². The van der Waals surface area contributed by atoms with E-state index in [1.807, 2.05) is 26.0 Å². The number of pyridine rings is 2. The molecule has 33 heavy (non-hydrogen) atoms. The van der Waals surface area contributed by atoms with Gasteiger partial charge in [0.1, 0.15) is 11.3 Å². The lowest BCUT2D eigenvalue weighted by molar-refractivity contribution is -0.136. The molecule has 0 aromatic carbocycles. The molecule has 3 heterocycles. The molecule has 0 aliphatic carbocycles. The van der Waals surface area contributed by atoms with Gasteiger partial charge in [0.2, 0.25) is 5.91 Å². The number of carbonyl (C=O) groups excluding carboxylic acids is 1. The van der Waals surface area contributed by atoms with E-state index in [1.165, 1.54) is 9.47 Å². The van der Waals surface area contributed by atoms with Gasteiger partial charge < -0.3 is 10.4 Å². The van der Waals surface area contributed by atoms with Crippen LogP contribution in [0.3, 0.4) is 0 Å². The van der Waals surface area contributed by atoms with E-state index in [0.717, 1.165) is 0 Å². The number of nitrogens with zero attached hydrogens (tertiary/aromatic N) is 5. The monoisotopic (exact) mass is 452 g/mol. The van der Waals surface area contributed by atoms with Crippen LogP contribution in [0, 0.1) is 5.92 Å². The second-order valence-corrected chi connectivity index (χ2v) is 7.97. The zero-order valence-corrected chi connectivity index (χ0v) is 19.1. The molecule has 3 aromatic heterocycles. The van der Waals surface area contributed by atoms with Gasteiger partial charge in [0.25, 0.3) is 5.56 Å². The normalized spacial score (nSPS) is 12.0. The van der Waals surface area contributed by atoms with Crippen molar-refractivity contribution in [1.29, 1.82) is 0 Å². The number of aromatic nitrogens is 4. The van der Waals surface area contributed by atoms with Gasteiger partial charge >= 0.3 is 5.97 Å². The number of carbonyl (C=O) groups is 2. The summed E-state index contributed by atoms with van der Waals surface area (Å²) in [6.07, 6.45) is 1.82. The number of nitrogens with one attached hydrogen (secondary N) is 1. The summed E-state index contributed by atoms with van der Waals surface area (Å²) in [5, 5.41) is 11.8. The Morgan fingerprint density at radius 1 is 1.18 bits per heavy atom. The van der Waals surface area contributed by atoms with Crippen molar-refractivity contribution in [3.63, 3.8) is 0 Å². The molecule has 0 fully saturated rings. The van der Waals surface area contributed by atoms with Crippen molar-refractivity contribution < 1.29 is 14.7 Å². The van der Waals surface area contributed by atoms with E-state index in [0.29, 0.717) is 29.1 Å². The van der Waals surface area contributed by atoms with Gasteiger partial charge in [-0.25, -0.2) is 9.97 Å². The fourth-order valence-electron chi connectivity index (χ4n) is 3.61. The number of carboxylic acids is 1. The minimum Gasteiger partial charge on any atom is -0.481 e. The third kappa shape index (κ3) is 5.16. The van der Waals surface area contributed by atoms with Crippen LogP contribution in [0.15, 0.2) is 41.3 Å². The van der Waals surface area contributed by atoms with Crippen molar-refractivity contribution in [2.75, 3.05) is 23.8 Å². The van der Waals surface area contributed by atoms with Gasteiger partial charge in [-0.2, -0.15) is 0 Å². The molecule has 0 spiro atoms. The number of hydrogen-bond donors (Lipinski definition) is 2. The fourth-order valence-corrected chi connectivity index (χ4v) is 3.61. The first-order valence-electron chi connectivity index (χ1n) is 10.8. The molecule has 3 aromatic rings. The van der Waals surface area contributed by atoms with E-state index >= 15 is 0 Å². The van der Waals surface area contributed by atoms with Crippen LogP contribution in [0.5, 0.6) is 0 Å². The summed E-state index contributed by atoms with van der Waals surface area (Å²) in [4.78, 5) is 51.7. The molecule has 0 unspecified atom stereocenters. The smallest absolute Gasteiger partial charge is 0.305 e. The first kappa shape index (κ1) is 23.8. The van der Waals surface area contributed by atoms with Crippen molar-refractivity contribution in [2.24, 2.45) is 5.92 Å². The summed E-state index contributed by atoms with van der Waals surface area (Å²) in [6.45, 7) is 5.78. The molecule has 0 saturated carbocycles. The highest BCUT2D eigenvalue weighted by Crippen LogP contribution is 2.28. The highest BCUT2D eigenvalue weighted by molar-refractivity contribution is 5.92. The van der Waals surface area contributed by atoms with E-state index in [-0.39, 0.29) is 30.6 Å². The second-order valence-electron chi connectivity index (χ2n) is 7.97. The Morgan fingerprint density at radius 3 is 2.55 bits per heavy atom. The van der Waals surface area contributed by atoms with Gasteiger partial charge in [-0.3, -0.25) is 28.8 Å². The maximum Gasteiger partial charge on any atom is 0.305 e. The Kier molecular flexibility index (Phi) is 7.37. The molecule has 174 valence electrons. The van der Waals surface area contributed by atoms with Gasteiger partial charge in [-0.05, 0) is 30.2 Å². The molecular weight excluding hydrogens is 424 g/mol. The maximum atomic E-state index is 13.6. The summed E-state index contributed by atoms with van der Waals surface area (Å²) in [5.74, 6) is -0.680. The van der Waals surface area contributed by atoms with E-state index < -0.39 is 17.6 Å². The molecular formula is C23H28N6O4. The Morgan fingerprint density at radius 2 is 1.94 bits per heavy atom.